The number of aliphatic hydroxyl groups is 1. The minimum absolute atomic E-state index is 0.130. The largest absolute Gasteiger partial charge is 0.393 e. The van der Waals surface area contributed by atoms with Crippen LogP contribution in [-0.2, 0) is 6.54 Å². The monoisotopic (exact) mass is 249 g/mol. The molecule has 0 atom stereocenters. The van der Waals surface area contributed by atoms with Crippen molar-refractivity contribution in [2.24, 2.45) is 0 Å². The molecule has 100 valence electrons. The van der Waals surface area contributed by atoms with Crippen LogP contribution in [0.2, 0.25) is 0 Å². The van der Waals surface area contributed by atoms with Crippen molar-refractivity contribution in [3.05, 3.63) is 23.4 Å². The molecule has 1 saturated heterocycles. The molecule has 4 nitrogen and oxygen atoms in total. The van der Waals surface area contributed by atoms with Gasteiger partial charge in [0.25, 0.3) is 0 Å². The molecule has 0 aromatic carbocycles. The van der Waals surface area contributed by atoms with E-state index in [1.165, 1.54) is 11.1 Å². The molecule has 0 unspecified atom stereocenters. The molecule has 2 rings (SSSR count). The fraction of sp³-hybridized carbons (Fsp3) is 0.643. The molecule has 2 heterocycles. The third kappa shape index (κ3) is 3.21. The number of nitrogens with zero attached hydrogens (tertiary/aromatic N) is 2. The van der Waals surface area contributed by atoms with Gasteiger partial charge >= 0.3 is 0 Å². The highest BCUT2D eigenvalue weighted by atomic mass is 16.3. The number of aryl methyl sites for hydroxylation is 1. The van der Waals surface area contributed by atoms with E-state index in [0.717, 1.165) is 44.8 Å². The number of anilines is 1. The Morgan fingerprint density at radius 1 is 1.44 bits per heavy atom. The number of piperidine rings is 1. The number of nitrogens with one attached hydrogen (secondary N) is 1. The Bertz CT molecular complexity index is 387. The SMILES string of the molecule is CCNCc1cnc(N2CCC(O)CC2)c(C)c1. The fourth-order valence-corrected chi connectivity index (χ4v) is 2.40. The predicted octanol–water partition coefficient (Wildman–Crippen LogP) is 1.46. The molecule has 1 aromatic heterocycles. The van der Waals surface area contributed by atoms with Gasteiger partial charge in [0.1, 0.15) is 5.82 Å². The fourth-order valence-electron chi connectivity index (χ4n) is 2.40. The molecular weight excluding hydrogens is 226 g/mol. The summed E-state index contributed by atoms with van der Waals surface area (Å²) in [5.41, 5.74) is 2.46. The van der Waals surface area contributed by atoms with Crippen molar-refractivity contribution in [1.82, 2.24) is 10.3 Å². The van der Waals surface area contributed by atoms with E-state index >= 15 is 0 Å². The Hall–Kier alpha value is -1.13. The van der Waals surface area contributed by atoms with Gasteiger partial charge in [-0.1, -0.05) is 6.92 Å². The number of aliphatic hydroxyl groups excluding tert-OH is 1. The van der Waals surface area contributed by atoms with Crippen molar-refractivity contribution >= 4 is 5.82 Å². The van der Waals surface area contributed by atoms with Crippen molar-refractivity contribution < 1.29 is 5.11 Å². The molecule has 1 fully saturated rings. The van der Waals surface area contributed by atoms with Crippen LogP contribution in [0.1, 0.15) is 30.9 Å². The van der Waals surface area contributed by atoms with E-state index in [0.29, 0.717) is 0 Å². The molecule has 1 aromatic rings. The highest BCUT2D eigenvalue weighted by molar-refractivity contribution is 5.47. The smallest absolute Gasteiger partial charge is 0.131 e. The second kappa shape index (κ2) is 6.16. The molecule has 0 saturated carbocycles. The number of aromatic nitrogens is 1. The summed E-state index contributed by atoms with van der Waals surface area (Å²) in [5, 5.41) is 12.8. The summed E-state index contributed by atoms with van der Waals surface area (Å²) < 4.78 is 0. The maximum absolute atomic E-state index is 9.53. The number of hydrogen-bond donors (Lipinski definition) is 2. The highest BCUT2D eigenvalue weighted by Crippen LogP contribution is 2.22. The van der Waals surface area contributed by atoms with Gasteiger partial charge in [-0.15, -0.1) is 0 Å². The van der Waals surface area contributed by atoms with Crippen molar-refractivity contribution in [2.75, 3.05) is 24.5 Å². The summed E-state index contributed by atoms with van der Waals surface area (Å²) in [6, 6.07) is 2.20. The lowest BCUT2D eigenvalue weighted by Crippen LogP contribution is -2.36. The minimum atomic E-state index is -0.130. The van der Waals surface area contributed by atoms with Gasteiger partial charge in [0.2, 0.25) is 0 Å². The second-order valence-electron chi connectivity index (χ2n) is 4.98. The van der Waals surface area contributed by atoms with E-state index < -0.39 is 0 Å². The number of rotatable bonds is 4. The van der Waals surface area contributed by atoms with Crippen LogP contribution in [0.25, 0.3) is 0 Å². The molecule has 0 amide bonds. The van der Waals surface area contributed by atoms with Crippen LogP contribution in [0.5, 0.6) is 0 Å². The van der Waals surface area contributed by atoms with E-state index in [1.54, 1.807) is 0 Å². The molecule has 18 heavy (non-hydrogen) atoms. The standard InChI is InChI=1S/C14H23N3O/c1-3-15-9-12-8-11(2)14(16-10-12)17-6-4-13(18)5-7-17/h8,10,13,15,18H,3-7,9H2,1-2H3. The average Bonchev–Trinajstić information content (AvgIpc) is 2.38. The Morgan fingerprint density at radius 3 is 2.78 bits per heavy atom. The maximum Gasteiger partial charge on any atom is 0.131 e. The van der Waals surface area contributed by atoms with Gasteiger partial charge < -0.3 is 15.3 Å². The van der Waals surface area contributed by atoms with Crippen LogP contribution in [0.3, 0.4) is 0 Å². The zero-order valence-electron chi connectivity index (χ0n) is 11.3. The molecule has 1 aliphatic heterocycles. The van der Waals surface area contributed by atoms with Crippen molar-refractivity contribution in [2.45, 2.75) is 39.3 Å². The van der Waals surface area contributed by atoms with E-state index in [-0.39, 0.29) is 6.10 Å². The molecular formula is C14H23N3O. The summed E-state index contributed by atoms with van der Waals surface area (Å²) in [6.45, 7) is 7.88. The average molecular weight is 249 g/mol. The summed E-state index contributed by atoms with van der Waals surface area (Å²) in [7, 11) is 0. The summed E-state index contributed by atoms with van der Waals surface area (Å²) in [5.74, 6) is 1.07. The highest BCUT2D eigenvalue weighted by Gasteiger charge is 2.19. The van der Waals surface area contributed by atoms with Gasteiger partial charge in [-0.3, -0.25) is 0 Å². The van der Waals surface area contributed by atoms with Gasteiger partial charge in [-0.2, -0.15) is 0 Å². The summed E-state index contributed by atoms with van der Waals surface area (Å²) in [4.78, 5) is 6.86. The number of pyridine rings is 1. The van der Waals surface area contributed by atoms with Gasteiger partial charge in [-0.25, -0.2) is 4.98 Å². The molecule has 1 aliphatic rings. The van der Waals surface area contributed by atoms with E-state index in [2.05, 4.69) is 35.1 Å². The minimum Gasteiger partial charge on any atom is -0.393 e. The van der Waals surface area contributed by atoms with Crippen LogP contribution in [0.4, 0.5) is 5.82 Å². The van der Waals surface area contributed by atoms with Gasteiger partial charge in [0.05, 0.1) is 6.10 Å². The van der Waals surface area contributed by atoms with Crippen molar-refractivity contribution in [1.29, 1.82) is 0 Å². The van der Waals surface area contributed by atoms with Gasteiger partial charge in [0, 0.05) is 25.8 Å². The molecule has 0 radical (unpaired) electrons. The van der Waals surface area contributed by atoms with E-state index in [1.807, 2.05) is 6.20 Å². The first-order valence-electron chi connectivity index (χ1n) is 6.80. The molecule has 0 aliphatic carbocycles. The number of hydrogen-bond acceptors (Lipinski definition) is 4. The second-order valence-corrected chi connectivity index (χ2v) is 4.98. The van der Waals surface area contributed by atoms with E-state index in [4.69, 9.17) is 0 Å². The lowest BCUT2D eigenvalue weighted by molar-refractivity contribution is 0.145. The molecule has 0 bridgehead atoms. The lowest BCUT2D eigenvalue weighted by atomic mass is 10.1. The van der Waals surface area contributed by atoms with Crippen LogP contribution in [-0.4, -0.2) is 35.8 Å². The normalized spacial score (nSPS) is 17.2. The predicted molar refractivity (Wildman–Crippen MR) is 73.8 cm³/mol. The summed E-state index contributed by atoms with van der Waals surface area (Å²) >= 11 is 0. The van der Waals surface area contributed by atoms with Gasteiger partial charge in [-0.05, 0) is 43.5 Å². The van der Waals surface area contributed by atoms with Crippen molar-refractivity contribution in [3.63, 3.8) is 0 Å². The third-order valence-corrected chi connectivity index (χ3v) is 3.45. The van der Waals surface area contributed by atoms with Gasteiger partial charge in [0.15, 0.2) is 0 Å². The molecule has 2 N–H and O–H groups in total. The first kappa shape index (κ1) is 13.3. The molecule has 4 heteroatoms. The topological polar surface area (TPSA) is 48.4 Å². The zero-order chi connectivity index (χ0) is 13.0. The Labute approximate surface area is 109 Å². The first-order chi connectivity index (χ1) is 8.70. The quantitative estimate of drug-likeness (QED) is 0.848. The van der Waals surface area contributed by atoms with Crippen LogP contribution in [0, 0.1) is 6.92 Å². The maximum atomic E-state index is 9.53. The Balaban J connectivity index is 2.05. The van der Waals surface area contributed by atoms with E-state index in [9.17, 15) is 5.11 Å². The Morgan fingerprint density at radius 2 is 2.17 bits per heavy atom. The summed E-state index contributed by atoms with van der Waals surface area (Å²) in [6.07, 6.45) is 3.52. The van der Waals surface area contributed by atoms with Crippen LogP contribution in [0.15, 0.2) is 12.3 Å². The lowest BCUT2D eigenvalue weighted by Gasteiger charge is -2.31. The molecule has 0 spiro atoms. The van der Waals surface area contributed by atoms with Crippen LogP contribution < -0.4 is 10.2 Å². The van der Waals surface area contributed by atoms with Crippen molar-refractivity contribution in [3.8, 4) is 0 Å². The zero-order valence-corrected chi connectivity index (χ0v) is 11.3. The third-order valence-electron chi connectivity index (χ3n) is 3.45. The Kier molecular flexibility index (Phi) is 4.55. The first-order valence-corrected chi connectivity index (χ1v) is 6.80. The van der Waals surface area contributed by atoms with Crippen LogP contribution >= 0.6 is 0 Å².